The summed E-state index contributed by atoms with van der Waals surface area (Å²) in [6.45, 7) is 10.7. The van der Waals surface area contributed by atoms with Gasteiger partial charge in [-0.25, -0.2) is 0 Å². The largest absolute Gasteiger partial charge is 0.387 e. The van der Waals surface area contributed by atoms with Crippen molar-refractivity contribution in [2.24, 2.45) is 5.92 Å². The van der Waals surface area contributed by atoms with Gasteiger partial charge in [0.2, 0.25) is 0 Å². The van der Waals surface area contributed by atoms with Crippen molar-refractivity contribution in [3.05, 3.63) is 24.0 Å². The van der Waals surface area contributed by atoms with E-state index in [9.17, 15) is 5.11 Å². The highest BCUT2D eigenvalue weighted by Gasteiger charge is 2.12. The molecule has 0 saturated heterocycles. The van der Waals surface area contributed by atoms with Crippen molar-refractivity contribution in [1.29, 1.82) is 0 Å². The normalized spacial score (nSPS) is 12.7. The van der Waals surface area contributed by atoms with E-state index < -0.39 is 6.10 Å². The molecule has 1 N–H and O–H groups in total. The number of pyridine rings is 1. The van der Waals surface area contributed by atoms with E-state index in [0.29, 0.717) is 6.42 Å². The molecular formula is C16H28N2O. The average molecular weight is 264 g/mol. The fourth-order valence-corrected chi connectivity index (χ4v) is 2.27. The van der Waals surface area contributed by atoms with Gasteiger partial charge >= 0.3 is 0 Å². The van der Waals surface area contributed by atoms with E-state index in [2.05, 4.69) is 36.7 Å². The van der Waals surface area contributed by atoms with Gasteiger partial charge in [-0.05, 0) is 31.4 Å². The van der Waals surface area contributed by atoms with Crippen LogP contribution in [0.5, 0.6) is 0 Å². The van der Waals surface area contributed by atoms with Crippen LogP contribution in [0, 0.1) is 5.92 Å². The summed E-state index contributed by atoms with van der Waals surface area (Å²) < 4.78 is 0. The zero-order valence-corrected chi connectivity index (χ0v) is 12.8. The first-order valence-corrected chi connectivity index (χ1v) is 7.55. The third-order valence-electron chi connectivity index (χ3n) is 3.88. The van der Waals surface area contributed by atoms with Crippen molar-refractivity contribution in [3.63, 3.8) is 0 Å². The number of rotatable bonds is 8. The maximum Gasteiger partial charge on any atom is 0.0957 e. The van der Waals surface area contributed by atoms with Gasteiger partial charge in [-0.1, -0.05) is 33.6 Å². The van der Waals surface area contributed by atoms with Crippen LogP contribution in [0.4, 0.5) is 5.69 Å². The summed E-state index contributed by atoms with van der Waals surface area (Å²) in [5.74, 6) is 0.737. The smallest absolute Gasteiger partial charge is 0.0957 e. The fraction of sp³-hybridized carbons (Fsp3) is 0.688. The number of aromatic nitrogens is 1. The molecule has 0 bridgehead atoms. The molecule has 1 aromatic rings. The summed E-state index contributed by atoms with van der Waals surface area (Å²) in [6.07, 6.45) is 4.58. The fourth-order valence-electron chi connectivity index (χ4n) is 2.27. The Morgan fingerprint density at radius 2 is 1.79 bits per heavy atom. The first-order valence-electron chi connectivity index (χ1n) is 7.55. The maximum absolute atomic E-state index is 9.76. The highest BCUT2D eigenvalue weighted by Crippen LogP contribution is 2.20. The van der Waals surface area contributed by atoms with Crippen LogP contribution in [-0.4, -0.2) is 23.2 Å². The maximum atomic E-state index is 9.76. The standard InChI is InChI=1S/C16H28N2O/c1-5-13(6-2)12-18(8-4)14-9-10-15(17-11-14)16(19)7-3/h9-11,13,16,19H,5-8,12H2,1-4H3/t16-/m0/s1. The summed E-state index contributed by atoms with van der Waals surface area (Å²) in [4.78, 5) is 6.75. The van der Waals surface area contributed by atoms with Gasteiger partial charge in [0.05, 0.1) is 23.7 Å². The summed E-state index contributed by atoms with van der Waals surface area (Å²) in [6, 6.07) is 4.02. The predicted molar refractivity (Wildman–Crippen MR) is 81.4 cm³/mol. The molecular weight excluding hydrogens is 236 g/mol. The second-order valence-corrected chi connectivity index (χ2v) is 5.09. The van der Waals surface area contributed by atoms with Crippen molar-refractivity contribution in [1.82, 2.24) is 4.98 Å². The summed E-state index contributed by atoms with van der Waals surface area (Å²) in [5, 5.41) is 9.76. The second kappa shape index (κ2) is 8.16. The van der Waals surface area contributed by atoms with E-state index in [-0.39, 0.29) is 0 Å². The molecule has 0 radical (unpaired) electrons. The Hall–Kier alpha value is -1.09. The van der Waals surface area contributed by atoms with Gasteiger partial charge in [0.1, 0.15) is 0 Å². The van der Waals surface area contributed by atoms with Crippen LogP contribution in [0.25, 0.3) is 0 Å². The van der Waals surface area contributed by atoms with E-state index >= 15 is 0 Å². The highest BCUT2D eigenvalue weighted by atomic mass is 16.3. The lowest BCUT2D eigenvalue weighted by molar-refractivity contribution is 0.169. The molecule has 0 spiro atoms. The van der Waals surface area contributed by atoms with Crippen LogP contribution in [0.1, 0.15) is 58.8 Å². The van der Waals surface area contributed by atoms with E-state index in [0.717, 1.165) is 30.4 Å². The van der Waals surface area contributed by atoms with Crippen molar-refractivity contribution in [3.8, 4) is 0 Å². The monoisotopic (exact) mass is 264 g/mol. The molecule has 1 rings (SSSR count). The lowest BCUT2D eigenvalue weighted by atomic mass is 10.0. The van der Waals surface area contributed by atoms with E-state index in [4.69, 9.17) is 0 Å². The van der Waals surface area contributed by atoms with Gasteiger partial charge in [-0.3, -0.25) is 4.98 Å². The quantitative estimate of drug-likeness (QED) is 0.776. The summed E-state index contributed by atoms with van der Waals surface area (Å²) in [7, 11) is 0. The van der Waals surface area contributed by atoms with Crippen LogP contribution < -0.4 is 4.90 Å². The molecule has 0 unspecified atom stereocenters. The zero-order valence-electron chi connectivity index (χ0n) is 12.8. The molecule has 19 heavy (non-hydrogen) atoms. The number of anilines is 1. The molecule has 108 valence electrons. The Labute approximate surface area is 117 Å². The molecule has 0 fully saturated rings. The van der Waals surface area contributed by atoms with Crippen molar-refractivity contribution < 1.29 is 5.11 Å². The Bertz CT molecular complexity index is 346. The number of nitrogens with zero attached hydrogens (tertiary/aromatic N) is 2. The summed E-state index contributed by atoms with van der Waals surface area (Å²) >= 11 is 0. The topological polar surface area (TPSA) is 36.4 Å². The van der Waals surface area contributed by atoms with Crippen LogP contribution in [-0.2, 0) is 0 Å². The van der Waals surface area contributed by atoms with Crippen LogP contribution >= 0.6 is 0 Å². The minimum Gasteiger partial charge on any atom is -0.387 e. The van der Waals surface area contributed by atoms with Crippen LogP contribution in [0.3, 0.4) is 0 Å². The first kappa shape index (κ1) is 16.0. The van der Waals surface area contributed by atoms with Gasteiger partial charge in [0.25, 0.3) is 0 Å². The molecule has 1 atom stereocenters. The lowest BCUT2D eigenvalue weighted by Gasteiger charge is -2.27. The Kier molecular flexibility index (Phi) is 6.85. The van der Waals surface area contributed by atoms with Gasteiger partial charge < -0.3 is 10.0 Å². The Morgan fingerprint density at radius 3 is 2.21 bits per heavy atom. The summed E-state index contributed by atoms with van der Waals surface area (Å²) in [5.41, 5.74) is 1.92. The SMILES string of the molecule is CCC(CC)CN(CC)c1ccc([C@@H](O)CC)nc1. The molecule has 1 heterocycles. The Balaban J connectivity index is 2.76. The molecule has 0 aliphatic heterocycles. The molecule has 0 aliphatic carbocycles. The van der Waals surface area contributed by atoms with Crippen molar-refractivity contribution in [2.45, 2.75) is 53.1 Å². The van der Waals surface area contributed by atoms with E-state index in [1.807, 2.05) is 19.2 Å². The van der Waals surface area contributed by atoms with E-state index in [1.165, 1.54) is 12.8 Å². The number of hydrogen-bond donors (Lipinski definition) is 1. The minimum atomic E-state index is -0.442. The molecule has 0 saturated carbocycles. The number of aliphatic hydroxyl groups is 1. The molecule has 1 aromatic heterocycles. The van der Waals surface area contributed by atoms with E-state index in [1.54, 1.807) is 0 Å². The third kappa shape index (κ3) is 4.50. The minimum absolute atomic E-state index is 0.442. The molecule has 0 aliphatic rings. The lowest BCUT2D eigenvalue weighted by Crippen LogP contribution is -2.29. The average Bonchev–Trinajstić information content (AvgIpc) is 2.48. The van der Waals surface area contributed by atoms with Gasteiger partial charge in [0, 0.05) is 13.1 Å². The van der Waals surface area contributed by atoms with Crippen molar-refractivity contribution >= 4 is 5.69 Å². The van der Waals surface area contributed by atoms with Gasteiger partial charge in [-0.15, -0.1) is 0 Å². The zero-order chi connectivity index (χ0) is 14.3. The Morgan fingerprint density at radius 1 is 1.11 bits per heavy atom. The van der Waals surface area contributed by atoms with Gasteiger partial charge in [-0.2, -0.15) is 0 Å². The highest BCUT2D eigenvalue weighted by molar-refractivity contribution is 5.44. The molecule has 0 aromatic carbocycles. The molecule has 3 nitrogen and oxygen atoms in total. The predicted octanol–water partition coefficient (Wildman–Crippen LogP) is 3.79. The first-order chi connectivity index (χ1) is 9.15. The molecule has 3 heteroatoms. The number of aliphatic hydroxyl groups excluding tert-OH is 1. The molecule has 0 amide bonds. The van der Waals surface area contributed by atoms with Crippen LogP contribution in [0.15, 0.2) is 18.3 Å². The van der Waals surface area contributed by atoms with Crippen molar-refractivity contribution in [2.75, 3.05) is 18.0 Å². The second-order valence-electron chi connectivity index (χ2n) is 5.09. The van der Waals surface area contributed by atoms with Crippen LogP contribution in [0.2, 0.25) is 0 Å². The number of hydrogen-bond acceptors (Lipinski definition) is 3. The van der Waals surface area contributed by atoms with Gasteiger partial charge in [0.15, 0.2) is 0 Å². The third-order valence-corrected chi connectivity index (χ3v) is 3.88.